The number of fused-ring (bicyclic) bond motifs is 3. The lowest BCUT2D eigenvalue weighted by atomic mass is 10.1. The van der Waals surface area contributed by atoms with E-state index in [2.05, 4.69) is 16.0 Å². The maximum atomic E-state index is 14.2. The summed E-state index contributed by atoms with van der Waals surface area (Å²) < 4.78 is 19.6. The van der Waals surface area contributed by atoms with Gasteiger partial charge in [0.05, 0.1) is 54.2 Å². The van der Waals surface area contributed by atoms with Gasteiger partial charge in [0.15, 0.2) is 11.5 Å². The van der Waals surface area contributed by atoms with Crippen molar-refractivity contribution in [2.45, 2.75) is 83.1 Å². The van der Waals surface area contributed by atoms with Gasteiger partial charge in [-0.15, -0.1) is 0 Å². The molecule has 0 spiro atoms. The number of benzene rings is 4. The number of ether oxygens (including phenoxy) is 3. The van der Waals surface area contributed by atoms with E-state index in [9.17, 15) is 9.59 Å². The number of piperidine rings is 1. The standard InChI is InChI=1S/C47H53N5O5/c1-55-43-31-40-42(48-33-37-18-15-27-51(37)46(40)53)32-44(43)57-29-14-6-4-2-3-5-13-28-56-38-22-19-35(20-23-38)52-45(34-16-9-7-10-17-34)49-41-24-21-36(30-39(41)47(52)54)50-25-11-8-12-26-50/h7,9-10,16-17,19-24,30-33,37H,2-6,8,11-15,18,25-29H2,1H3/t37-/m0/s1. The zero-order valence-corrected chi connectivity index (χ0v) is 33.0. The summed E-state index contributed by atoms with van der Waals surface area (Å²) in [6.07, 6.45) is 15.1. The van der Waals surface area contributed by atoms with Crippen LogP contribution in [0.15, 0.2) is 94.7 Å². The molecule has 0 radical (unpaired) electrons. The normalized spacial score (nSPS) is 16.4. The van der Waals surface area contributed by atoms with E-state index in [0.717, 1.165) is 93.7 Å². The van der Waals surface area contributed by atoms with Gasteiger partial charge < -0.3 is 24.0 Å². The zero-order valence-electron chi connectivity index (χ0n) is 33.0. The summed E-state index contributed by atoms with van der Waals surface area (Å²) in [5.74, 6) is 2.64. The van der Waals surface area contributed by atoms with Crippen LogP contribution < -0.4 is 24.7 Å². The van der Waals surface area contributed by atoms with Crippen molar-refractivity contribution >= 4 is 34.4 Å². The Morgan fingerprint density at radius 3 is 2.18 bits per heavy atom. The molecule has 4 heterocycles. The second-order valence-corrected chi connectivity index (χ2v) is 15.4. The third-order valence-electron chi connectivity index (χ3n) is 11.5. The fraction of sp³-hybridized carbons (Fsp3) is 0.404. The number of methoxy groups -OCH3 is 1. The Hall–Kier alpha value is -5.64. The van der Waals surface area contributed by atoms with Crippen LogP contribution in [0.1, 0.15) is 87.4 Å². The number of anilines is 1. The molecule has 10 nitrogen and oxygen atoms in total. The van der Waals surface area contributed by atoms with Crippen molar-refractivity contribution in [2.24, 2.45) is 4.99 Å². The highest BCUT2D eigenvalue weighted by Gasteiger charge is 2.32. The minimum atomic E-state index is -0.0712. The molecule has 0 unspecified atom stereocenters. The number of carbonyl (C=O) groups excluding carboxylic acids is 1. The predicted molar refractivity (Wildman–Crippen MR) is 227 cm³/mol. The van der Waals surface area contributed by atoms with Crippen LogP contribution in [0, 0.1) is 0 Å². The van der Waals surface area contributed by atoms with Gasteiger partial charge in [-0.1, -0.05) is 62.4 Å². The number of aromatic nitrogens is 2. The SMILES string of the molecule is COc1cc2c(cc1OCCCCCCCCCOc1ccc(-n3c(-c4ccccc4)nc4ccc(N5CCCCC5)cc4c3=O)cc1)N=C[C@@H]1CCCN1C2=O. The molecule has 2 fully saturated rings. The van der Waals surface area contributed by atoms with Gasteiger partial charge in [0.1, 0.15) is 11.6 Å². The Balaban J connectivity index is 0.794. The van der Waals surface area contributed by atoms with Gasteiger partial charge in [0.2, 0.25) is 0 Å². The lowest BCUT2D eigenvalue weighted by Crippen LogP contribution is -2.35. The molecule has 0 saturated carbocycles. The molecule has 1 atom stereocenters. The average molecular weight is 768 g/mol. The molecule has 3 aliphatic heterocycles. The van der Waals surface area contributed by atoms with Crippen LogP contribution in [0.5, 0.6) is 17.2 Å². The van der Waals surface area contributed by atoms with Crippen molar-refractivity contribution in [3.05, 3.63) is 101 Å². The van der Waals surface area contributed by atoms with Gasteiger partial charge in [0, 0.05) is 43.2 Å². The van der Waals surface area contributed by atoms with Crippen molar-refractivity contribution in [1.82, 2.24) is 14.5 Å². The minimum Gasteiger partial charge on any atom is -0.494 e. The highest BCUT2D eigenvalue weighted by atomic mass is 16.5. The number of hydrogen-bond acceptors (Lipinski definition) is 8. The fourth-order valence-electron chi connectivity index (χ4n) is 8.31. The Labute approximate surface area is 335 Å². The van der Waals surface area contributed by atoms with E-state index in [0.29, 0.717) is 52.7 Å². The van der Waals surface area contributed by atoms with Crippen molar-refractivity contribution in [3.63, 3.8) is 0 Å². The molecule has 296 valence electrons. The van der Waals surface area contributed by atoms with Gasteiger partial charge in [-0.2, -0.15) is 0 Å². The Morgan fingerprint density at radius 2 is 1.42 bits per heavy atom. The molecule has 1 aromatic heterocycles. The van der Waals surface area contributed by atoms with Crippen LogP contribution in [0.4, 0.5) is 11.4 Å². The zero-order chi connectivity index (χ0) is 39.0. The molecule has 0 bridgehead atoms. The summed E-state index contributed by atoms with van der Waals surface area (Å²) in [6, 6.07) is 27.5. The highest BCUT2D eigenvalue weighted by Crippen LogP contribution is 2.38. The number of amides is 1. The second-order valence-electron chi connectivity index (χ2n) is 15.4. The second kappa shape index (κ2) is 18.1. The van der Waals surface area contributed by atoms with E-state index < -0.39 is 0 Å². The first-order valence-corrected chi connectivity index (χ1v) is 20.9. The van der Waals surface area contributed by atoms with Gasteiger partial charge in [-0.05, 0) is 93.5 Å². The van der Waals surface area contributed by atoms with Crippen LogP contribution in [0.2, 0.25) is 0 Å². The molecule has 0 N–H and O–H groups in total. The Kier molecular flexibility index (Phi) is 12.1. The Bertz CT molecular complexity index is 2250. The van der Waals surface area contributed by atoms with Gasteiger partial charge in [0.25, 0.3) is 11.5 Å². The average Bonchev–Trinajstić information content (AvgIpc) is 3.69. The third kappa shape index (κ3) is 8.70. The molecule has 3 aliphatic rings. The van der Waals surface area contributed by atoms with E-state index in [-0.39, 0.29) is 17.5 Å². The maximum Gasteiger partial charge on any atom is 0.266 e. The van der Waals surface area contributed by atoms with Crippen molar-refractivity contribution in [2.75, 3.05) is 44.9 Å². The molecular formula is C47H53N5O5. The van der Waals surface area contributed by atoms with Crippen LogP contribution in [-0.2, 0) is 0 Å². The number of nitrogens with zero attached hydrogens (tertiary/aromatic N) is 5. The lowest BCUT2D eigenvalue weighted by Gasteiger charge is -2.29. The lowest BCUT2D eigenvalue weighted by molar-refractivity contribution is 0.0774. The van der Waals surface area contributed by atoms with Crippen LogP contribution in [-0.4, -0.2) is 72.6 Å². The number of rotatable bonds is 16. The van der Waals surface area contributed by atoms with Crippen LogP contribution in [0.25, 0.3) is 28.0 Å². The van der Waals surface area contributed by atoms with Crippen LogP contribution >= 0.6 is 0 Å². The highest BCUT2D eigenvalue weighted by molar-refractivity contribution is 6.03. The summed E-state index contributed by atoms with van der Waals surface area (Å²) in [6.45, 7) is 4.04. The minimum absolute atomic E-state index is 0.0175. The molecule has 8 rings (SSSR count). The molecule has 0 aliphatic carbocycles. The molecule has 5 aromatic rings. The van der Waals surface area contributed by atoms with Crippen molar-refractivity contribution in [3.8, 4) is 34.3 Å². The van der Waals surface area contributed by atoms with Gasteiger partial charge >= 0.3 is 0 Å². The number of hydrogen-bond donors (Lipinski definition) is 0. The molecule has 10 heteroatoms. The van der Waals surface area contributed by atoms with E-state index in [1.54, 1.807) is 17.7 Å². The number of unbranched alkanes of at least 4 members (excludes halogenated alkanes) is 6. The summed E-state index contributed by atoms with van der Waals surface area (Å²) in [5.41, 5.74) is 4.61. The van der Waals surface area contributed by atoms with Crippen molar-refractivity contribution < 1.29 is 19.0 Å². The maximum absolute atomic E-state index is 14.2. The molecular weight excluding hydrogens is 715 g/mol. The van der Waals surface area contributed by atoms with Gasteiger partial charge in [-0.25, -0.2) is 4.98 Å². The van der Waals surface area contributed by atoms with Crippen molar-refractivity contribution in [1.29, 1.82) is 0 Å². The Morgan fingerprint density at radius 1 is 0.702 bits per heavy atom. The largest absolute Gasteiger partial charge is 0.494 e. The van der Waals surface area contributed by atoms with E-state index in [4.69, 9.17) is 19.2 Å². The molecule has 1 amide bonds. The quantitative estimate of drug-likeness (QED) is 0.0923. The number of aliphatic imine (C=N–C) groups is 1. The van der Waals surface area contributed by atoms with E-state index >= 15 is 0 Å². The molecule has 2 saturated heterocycles. The summed E-state index contributed by atoms with van der Waals surface area (Å²) >= 11 is 0. The first-order valence-electron chi connectivity index (χ1n) is 20.9. The predicted octanol–water partition coefficient (Wildman–Crippen LogP) is 9.56. The smallest absolute Gasteiger partial charge is 0.266 e. The van der Waals surface area contributed by atoms with Crippen LogP contribution in [0.3, 0.4) is 0 Å². The van der Waals surface area contributed by atoms with E-state index in [1.807, 2.05) is 83.9 Å². The third-order valence-corrected chi connectivity index (χ3v) is 11.5. The molecule has 4 aromatic carbocycles. The first-order chi connectivity index (χ1) is 28.1. The topological polar surface area (TPSA) is 98.5 Å². The monoisotopic (exact) mass is 767 g/mol. The fourth-order valence-corrected chi connectivity index (χ4v) is 8.31. The molecule has 57 heavy (non-hydrogen) atoms. The summed E-state index contributed by atoms with van der Waals surface area (Å²) in [7, 11) is 1.61. The summed E-state index contributed by atoms with van der Waals surface area (Å²) in [5, 5.41) is 0.628. The summed E-state index contributed by atoms with van der Waals surface area (Å²) in [4.78, 5) is 41.3. The first kappa shape index (κ1) is 38.2. The number of carbonyl (C=O) groups is 1. The van der Waals surface area contributed by atoms with E-state index in [1.165, 1.54) is 25.7 Å². The van der Waals surface area contributed by atoms with Gasteiger partial charge in [-0.3, -0.25) is 19.1 Å².